The van der Waals surface area contributed by atoms with Crippen LogP contribution in [0.15, 0.2) is 60.8 Å². The first-order chi connectivity index (χ1) is 11.7. The van der Waals surface area contributed by atoms with E-state index < -0.39 is 0 Å². The fourth-order valence-electron chi connectivity index (χ4n) is 2.63. The zero-order valence-corrected chi connectivity index (χ0v) is 13.8. The second-order valence-electron chi connectivity index (χ2n) is 5.90. The van der Waals surface area contributed by atoms with Crippen LogP contribution in [0.4, 0.5) is 0 Å². The SMILES string of the molecule is CC(C)n1nccc1-c1cc(OCc2ccccc2)ccc1C=O. The molecule has 3 aromatic rings. The summed E-state index contributed by atoms with van der Waals surface area (Å²) in [7, 11) is 0. The molecule has 4 heteroatoms. The van der Waals surface area contributed by atoms with Crippen molar-refractivity contribution in [2.24, 2.45) is 0 Å². The van der Waals surface area contributed by atoms with Crippen LogP contribution in [0.2, 0.25) is 0 Å². The molecule has 0 radical (unpaired) electrons. The van der Waals surface area contributed by atoms with Crippen LogP contribution in [-0.4, -0.2) is 16.1 Å². The number of nitrogens with zero attached hydrogens (tertiary/aromatic N) is 2. The van der Waals surface area contributed by atoms with E-state index in [0.717, 1.165) is 28.9 Å². The van der Waals surface area contributed by atoms with Gasteiger partial charge in [-0.25, -0.2) is 0 Å². The van der Waals surface area contributed by atoms with E-state index in [9.17, 15) is 4.79 Å². The predicted octanol–water partition coefficient (Wildman–Crippen LogP) is 4.52. The summed E-state index contributed by atoms with van der Waals surface area (Å²) in [4.78, 5) is 11.4. The Morgan fingerprint density at radius 3 is 2.62 bits per heavy atom. The summed E-state index contributed by atoms with van der Waals surface area (Å²) in [6, 6.07) is 17.7. The molecule has 3 rings (SSSR count). The van der Waals surface area contributed by atoms with Gasteiger partial charge in [0.2, 0.25) is 0 Å². The highest BCUT2D eigenvalue weighted by molar-refractivity contribution is 5.87. The van der Waals surface area contributed by atoms with Gasteiger partial charge < -0.3 is 4.74 Å². The Hall–Kier alpha value is -2.88. The first-order valence-corrected chi connectivity index (χ1v) is 7.99. The minimum atomic E-state index is 0.211. The molecule has 0 atom stereocenters. The maximum absolute atomic E-state index is 11.4. The molecule has 1 heterocycles. The summed E-state index contributed by atoms with van der Waals surface area (Å²) in [5, 5.41) is 4.35. The van der Waals surface area contributed by atoms with Gasteiger partial charge in [-0.05, 0) is 43.7 Å². The fraction of sp³-hybridized carbons (Fsp3) is 0.200. The quantitative estimate of drug-likeness (QED) is 0.627. The summed E-state index contributed by atoms with van der Waals surface area (Å²) < 4.78 is 7.79. The van der Waals surface area contributed by atoms with Crippen molar-refractivity contribution in [3.63, 3.8) is 0 Å². The lowest BCUT2D eigenvalue weighted by Crippen LogP contribution is -2.06. The molecule has 1 aromatic heterocycles. The largest absolute Gasteiger partial charge is 0.489 e. The van der Waals surface area contributed by atoms with Crippen LogP contribution < -0.4 is 4.74 Å². The third-order valence-corrected chi connectivity index (χ3v) is 3.84. The number of aromatic nitrogens is 2. The molecule has 24 heavy (non-hydrogen) atoms. The van der Waals surface area contributed by atoms with Crippen molar-refractivity contribution in [1.29, 1.82) is 0 Å². The van der Waals surface area contributed by atoms with Crippen molar-refractivity contribution in [2.45, 2.75) is 26.5 Å². The van der Waals surface area contributed by atoms with Gasteiger partial charge in [0.25, 0.3) is 0 Å². The van der Waals surface area contributed by atoms with Crippen LogP contribution >= 0.6 is 0 Å². The third-order valence-electron chi connectivity index (χ3n) is 3.84. The number of hydrogen-bond donors (Lipinski definition) is 0. The third kappa shape index (κ3) is 3.38. The van der Waals surface area contributed by atoms with Gasteiger partial charge in [-0.2, -0.15) is 5.10 Å². The Bertz CT molecular complexity index is 823. The zero-order chi connectivity index (χ0) is 16.9. The topological polar surface area (TPSA) is 44.1 Å². The molecule has 0 saturated heterocycles. The van der Waals surface area contributed by atoms with Gasteiger partial charge in [0.1, 0.15) is 12.4 Å². The Morgan fingerprint density at radius 2 is 1.92 bits per heavy atom. The van der Waals surface area contributed by atoms with Gasteiger partial charge in [-0.1, -0.05) is 30.3 Å². The van der Waals surface area contributed by atoms with E-state index >= 15 is 0 Å². The van der Waals surface area contributed by atoms with Crippen molar-refractivity contribution >= 4 is 6.29 Å². The summed E-state index contributed by atoms with van der Waals surface area (Å²) >= 11 is 0. The number of benzene rings is 2. The van der Waals surface area contributed by atoms with Gasteiger partial charge in [0.15, 0.2) is 6.29 Å². The standard InChI is InChI=1S/C20H20N2O2/c1-15(2)22-20(10-11-21-22)19-12-18(9-8-17(19)13-23)24-14-16-6-4-3-5-7-16/h3-13,15H,14H2,1-2H3. The summed E-state index contributed by atoms with van der Waals surface area (Å²) in [5.74, 6) is 0.732. The Morgan fingerprint density at radius 1 is 1.12 bits per heavy atom. The Labute approximate surface area is 141 Å². The van der Waals surface area contributed by atoms with Gasteiger partial charge in [-0.3, -0.25) is 9.48 Å². The molecule has 0 aliphatic rings. The molecular formula is C20H20N2O2. The van der Waals surface area contributed by atoms with Crippen LogP contribution in [0.5, 0.6) is 5.75 Å². The molecule has 0 fully saturated rings. The smallest absolute Gasteiger partial charge is 0.150 e. The molecule has 0 saturated carbocycles. The summed E-state index contributed by atoms with van der Waals surface area (Å²) in [6.45, 7) is 4.61. The fourth-order valence-corrected chi connectivity index (χ4v) is 2.63. The lowest BCUT2D eigenvalue weighted by Gasteiger charge is -2.14. The average molecular weight is 320 g/mol. The van der Waals surface area contributed by atoms with Gasteiger partial charge in [-0.15, -0.1) is 0 Å². The van der Waals surface area contributed by atoms with Gasteiger partial charge in [0, 0.05) is 23.4 Å². The molecule has 0 spiro atoms. The van der Waals surface area contributed by atoms with Crippen molar-refractivity contribution in [1.82, 2.24) is 9.78 Å². The number of carbonyl (C=O) groups is 1. The van der Waals surface area contributed by atoms with Crippen LogP contribution in [0, 0.1) is 0 Å². The van der Waals surface area contributed by atoms with Crippen molar-refractivity contribution in [3.8, 4) is 17.0 Å². The summed E-state index contributed by atoms with van der Waals surface area (Å²) in [6.07, 6.45) is 2.62. The molecule has 0 aliphatic heterocycles. The predicted molar refractivity (Wildman–Crippen MR) is 94.2 cm³/mol. The van der Waals surface area contributed by atoms with E-state index in [4.69, 9.17) is 4.74 Å². The molecule has 4 nitrogen and oxygen atoms in total. The van der Waals surface area contributed by atoms with Crippen LogP contribution in [-0.2, 0) is 6.61 Å². The highest BCUT2D eigenvalue weighted by Gasteiger charge is 2.13. The van der Waals surface area contributed by atoms with Crippen molar-refractivity contribution in [3.05, 3.63) is 71.9 Å². The number of aldehydes is 1. The molecule has 0 aliphatic carbocycles. The first-order valence-electron chi connectivity index (χ1n) is 7.99. The second kappa shape index (κ2) is 7.13. The number of ether oxygens (including phenoxy) is 1. The van der Waals surface area contributed by atoms with E-state index in [0.29, 0.717) is 12.2 Å². The van der Waals surface area contributed by atoms with E-state index in [-0.39, 0.29) is 6.04 Å². The van der Waals surface area contributed by atoms with Gasteiger partial charge in [0.05, 0.1) is 5.69 Å². The normalized spacial score (nSPS) is 10.8. The minimum absolute atomic E-state index is 0.211. The van der Waals surface area contributed by atoms with E-state index in [1.54, 1.807) is 12.3 Å². The number of carbonyl (C=O) groups excluding carboxylic acids is 1. The van der Waals surface area contributed by atoms with Crippen LogP contribution in [0.3, 0.4) is 0 Å². The van der Waals surface area contributed by atoms with Crippen LogP contribution in [0.1, 0.15) is 35.8 Å². The monoisotopic (exact) mass is 320 g/mol. The summed E-state index contributed by atoms with van der Waals surface area (Å²) in [5.41, 5.74) is 3.48. The number of hydrogen-bond acceptors (Lipinski definition) is 3. The molecular weight excluding hydrogens is 300 g/mol. The zero-order valence-electron chi connectivity index (χ0n) is 13.8. The first kappa shape index (κ1) is 16.0. The molecule has 122 valence electrons. The molecule has 0 N–H and O–H groups in total. The van der Waals surface area contributed by atoms with Crippen LogP contribution in [0.25, 0.3) is 11.3 Å². The average Bonchev–Trinajstić information content (AvgIpc) is 3.10. The number of rotatable bonds is 6. The molecule has 0 bridgehead atoms. The Kier molecular flexibility index (Phi) is 4.75. The maximum Gasteiger partial charge on any atom is 0.150 e. The second-order valence-corrected chi connectivity index (χ2v) is 5.90. The minimum Gasteiger partial charge on any atom is -0.489 e. The maximum atomic E-state index is 11.4. The lowest BCUT2D eigenvalue weighted by molar-refractivity contribution is 0.112. The van der Waals surface area contributed by atoms with E-state index in [1.165, 1.54) is 0 Å². The molecule has 0 amide bonds. The Balaban J connectivity index is 1.91. The van der Waals surface area contributed by atoms with E-state index in [2.05, 4.69) is 18.9 Å². The molecule has 0 unspecified atom stereocenters. The lowest BCUT2D eigenvalue weighted by atomic mass is 10.0. The highest BCUT2D eigenvalue weighted by atomic mass is 16.5. The molecule has 2 aromatic carbocycles. The highest BCUT2D eigenvalue weighted by Crippen LogP contribution is 2.29. The van der Waals surface area contributed by atoms with E-state index in [1.807, 2.05) is 53.2 Å². The van der Waals surface area contributed by atoms with Gasteiger partial charge >= 0.3 is 0 Å². The van der Waals surface area contributed by atoms with Crippen molar-refractivity contribution < 1.29 is 9.53 Å². The van der Waals surface area contributed by atoms with Crippen molar-refractivity contribution in [2.75, 3.05) is 0 Å².